The summed E-state index contributed by atoms with van der Waals surface area (Å²) >= 11 is 3.22. The average molecular weight is 349 g/mol. The quantitative estimate of drug-likeness (QED) is 0.776. The lowest BCUT2D eigenvalue weighted by Crippen LogP contribution is -2.28. The van der Waals surface area contributed by atoms with Gasteiger partial charge in [0, 0.05) is 6.42 Å². The predicted molar refractivity (Wildman–Crippen MR) is 85.7 cm³/mol. The van der Waals surface area contributed by atoms with Crippen LogP contribution in [0.1, 0.15) is 36.0 Å². The highest BCUT2D eigenvalue weighted by molar-refractivity contribution is 9.10. The first-order valence-electron chi connectivity index (χ1n) is 7.33. The van der Waals surface area contributed by atoms with Crippen molar-refractivity contribution in [3.05, 3.63) is 69.4 Å². The Labute approximate surface area is 132 Å². The SMILES string of the molecule is OC1(Cc2ccc(F)c(Br)c2)CCCCc2ccccc21. The van der Waals surface area contributed by atoms with Gasteiger partial charge in [-0.2, -0.15) is 0 Å². The molecule has 0 radical (unpaired) electrons. The fourth-order valence-electron chi connectivity index (χ4n) is 3.23. The standard InChI is InChI=1S/C18H18BrFO/c19-16-11-13(8-9-17(16)20)12-18(21)10-4-3-6-14-5-1-2-7-15(14)18/h1-2,5,7-9,11,21H,3-4,6,10,12H2. The maximum Gasteiger partial charge on any atom is 0.137 e. The molecule has 1 unspecified atom stereocenters. The maximum absolute atomic E-state index is 13.4. The van der Waals surface area contributed by atoms with Gasteiger partial charge in [0.25, 0.3) is 0 Å². The molecule has 1 aliphatic carbocycles. The average Bonchev–Trinajstić information content (AvgIpc) is 2.63. The van der Waals surface area contributed by atoms with E-state index in [4.69, 9.17) is 0 Å². The molecule has 0 amide bonds. The molecule has 0 aromatic heterocycles. The Morgan fingerprint density at radius 1 is 1.14 bits per heavy atom. The van der Waals surface area contributed by atoms with Crippen molar-refractivity contribution in [2.24, 2.45) is 0 Å². The zero-order valence-corrected chi connectivity index (χ0v) is 13.4. The van der Waals surface area contributed by atoms with Crippen LogP contribution in [0.3, 0.4) is 0 Å². The van der Waals surface area contributed by atoms with Crippen molar-refractivity contribution < 1.29 is 9.50 Å². The van der Waals surface area contributed by atoms with Crippen LogP contribution in [0.25, 0.3) is 0 Å². The van der Waals surface area contributed by atoms with E-state index in [1.807, 2.05) is 18.2 Å². The lowest BCUT2D eigenvalue weighted by Gasteiger charge is -2.29. The van der Waals surface area contributed by atoms with E-state index in [1.165, 1.54) is 11.6 Å². The molecule has 0 spiro atoms. The number of fused-ring (bicyclic) bond motifs is 1. The summed E-state index contributed by atoms with van der Waals surface area (Å²) in [5.41, 5.74) is 2.36. The molecule has 3 heteroatoms. The summed E-state index contributed by atoms with van der Waals surface area (Å²) in [5, 5.41) is 11.2. The number of hydrogen-bond donors (Lipinski definition) is 1. The minimum absolute atomic E-state index is 0.271. The van der Waals surface area contributed by atoms with Crippen molar-refractivity contribution in [1.29, 1.82) is 0 Å². The summed E-state index contributed by atoms with van der Waals surface area (Å²) in [5.74, 6) is -0.271. The zero-order valence-electron chi connectivity index (χ0n) is 11.8. The summed E-state index contributed by atoms with van der Waals surface area (Å²) in [6.07, 6.45) is 4.40. The summed E-state index contributed by atoms with van der Waals surface area (Å²) < 4.78 is 13.8. The zero-order chi connectivity index (χ0) is 14.9. The highest BCUT2D eigenvalue weighted by atomic mass is 79.9. The van der Waals surface area contributed by atoms with Crippen molar-refractivity contribution >= 4 is 15.9 Å². The summed E-state index contributed by atoms with van der Waals surface area (Å²) in [6, 6.07) is 13.1. The lowest BCUT2D eigenvalue weighted by atomic mass is 9.83. The topological polar surface area (TPSA) is 20.2 Å². The van der Waals surface area contributed by atoms with E-state index in [-0.39, 0.29) is 5.82 Å². The van der Waals surface area contributed by atoms with Crippen LogP contribution in [0.2, 0.25) is 0 Å². The van der Waals surface area contributed by atoms with Crippen molar-refractivity contribution in [1.82, 2.24) is 0 Å². The fraction of sp³-hybridized carbons (Fsp3) is 0.333. The van der Waals surface area contributed by atoms with Crippen LogP contribution in [0.5, 0.6) is 0 Å². The van der Waals surface area contributed by atoms with Gasteiger partial charge in [0.15, 0.2) is 0 Å². The Morgan fingerprint density at radius 3 is 2.76 bits per heavy atom. The molecular formula is C18H18BrFO. The number of aliphatic hydroxyl groups is 1. The smallest absolute Gasteiger partial charge is 0.137 e. The van der Waals surface area contributed by atoms with Gasteiger partial charge in [0.05, 0.1) is 10.1 Å². The van der Waals surface area contributed by atoms with E-state index in [1.54, 1.807) is 12.1 Å². The molecular weight excluding hydrogens is 331 g/mol. The monoisotopic (exact) mass is 348 g/mol. The second-order valence-corrected chi connectivity index (χ2v) is 6.68. The number of aryl methyl sites for hydroxylation is 1. The van der Waals surface area contributed by atoms with Crippen LogP contribution in [0, 0.1) is 5.82 Å². The van der Waals surface area contributed by atoms with E-state index >= 15 is 0 Å². The molecule has 1 N–H and O–H groups in total. The third kappa shape index (κ3) is 3.04. The van der Waals surface area contributed by atoms with E-state index in [0.29, 0.717) is 10.9 Å². The van der Waals surface area contributed by atoms with Gasteiger partial charge in [-0.3, -0.25) is 0 Å². The summed E-state index contributed by atoms with van der Waals surface area (Å²) in [4.78, 5) is 0. The van der Waals surface area contributed by atoms with Crippen LogP contribution in [0.15, 0.2) is 46.9 Å². The van der Waals surface area contributed by atoms with Crippen LogP contribution in [-0.4, -0.2) is 5.11 Å². The van der Waals surface area contributed by atoms with Gasteiger partial charge in [-0.05, 0) is 70.4 Å². The number of benzene rings is 2. The van der Waals surface area contributed by atoms with Gasteiger partial charge >= 0.3 is 0 Å². The third-order valence-electron chi connectivity index (χ3n) is 4.29. The molecule has 3 rings (SSSR count). The predicted octanol–water partition coefficient (Wildman–Crippen LogP) is 4.74. The van der Waals surface area contributed by atoms with Crippen LogP contribution < -0.4 is 0 Å². The van der Waals surface area contributed by atoms with E-state index in [0.717, 1.165) is 36.8 Å². The Balaban J connectivity index is 1.97. The molecule has 0 saturated carbocycles. The highest BCUT2D eigenvalue weighted by Crippen LogP contribution is 2.37. The molecule has 110 valence electrons. The molecule has 1 atom stereocenters. The second kappa shape index (κ2) is 5.90. The Kier molecular flexibility index (Phi) is 4.14. The van der Waals surface area contributed by atoms with Crippen LogP contribution >= 0.6 is 15.9 Å². The minimum Gasteiger partial charge on any atom is -0.385 e. The molecule has 0 heterocycles. The lowest BCUT2D eigenvalue weighted by molar-refractivity contribution is 0.0271. The van der Waals surface area contributed by atoms with E-state index < -0.39 is 5.60 Å². The first-order chi connectivity index (χ1) is 10.1. The van der Waals surface area contributed by atoms with Gasteiger partial charge in [-0.1, -0.05) is 30.3 Å². The van der Waals surface area contributed by atoms with Crippen LogP contribution in [0.4, 0.5) is 4.39 Å². The number of halogens is 2. The summed E-state index contributed by atoms with van der Waals surface area (Å²) in [7, 11) is 0. The molecule has 1 aliphatic rings. The highest BCUT2D eigenvalue weighted by Gasteiger charge is 2.33. The van der Waals surface area contributed by atoms with Crippen molar-refractivity contribution in [2.75, 3.05) is 0 Å². The minimum atomic E-state index is -0.857. The van der Waals surface area contributed by atoms with E-state index in [2.05, 4.69) is 22.0 Å². The summed E-state index contributed by atoms with van der Waals surface area (Å²) in [6.45, 7) is 0. The number of hydrogen-bond acceptors (Lipinski definition) is 1. The van der Waals surface area contributed by atoms with Gasteiger partial charge in [-0.15, -0.1) is 0 Å². The molecule has 0 saturated heterocycles. The van der Waals surface area contributed by atoms with Crippen molar-refractivity contribution in [2.45, 2.75) is 37.7 Å². The van der Waals surface area contributed by atoms with E-state index in [9.17, 15) is 9.50 Å². The first-order valence-corrected chi connectivity index (χ1v) is 8.12. The molecule has 21 heavy (non-hydrogen) atoms. The van der Waals surface area contributed by atoms with Crippen molar-refractivity contribution in [3.8, 4) is 0 Å². The molecule has 2 aromatic rings. The molecule has 1 nitrogen and oxygen atoms in total. The van der Waals surface area contributed by atoms with Crippen LogP contribution in [-0.2, 0) is 18.4 Å². The largest absolute Gasteiger partial charge is 0.385 e. The van der Waals surface area contributed by atoms with Gasteiger partial charge < -0.3 is 5.11 Å². The molecule has 0 bridgehead atoms. The normalized spacial score (nSPS) is 21.7. The molecule has 0 fully saturated rings. The van der Waals surface area contributed by atoms with Gasteiger partial charge in [-0.25, -0.2) is 4.39 Å². The maximum atomic E-state index is 13.4. The third-order valence-corrected chi connectivity index (χ3v) is 4.89. The van der Waals surface area contributed by atoms with Gasteiger partial charge in [0.1, 0.15) is 5.82 Å². The Bertz CT molecular complexity index is 655. The second-order valence-electron chi connectivity index (χ2n) is 5.82. The molecule has 2 aromatic carbocycles. The first kappa shape index (κ1) is 14.7. The van der Waals surface area contributed by atoms with Crippen molar-refractivity contribution in [3.63, 3.8) is 0 Å². The number of rotatable bonds is 2. The Morgan fingerprint density at radius 2 is 1.95 bits per heavy atom. The Hall–Kier alpha value is -1.19. The molecule has 0 aliphatic heterocycles. The van der Waals surface area contributed by atoms with Gasteiger partial charge in [0.2, 0.25) is 0 Å². The fourth-order valence-corrected chi connectivity index (χ4v) is 3.66.